The number of hydrogen-bond acceptors (Lipinski definition) is 2. The van der Waals surface area contributed by atoms with Crippen molar-refractivity contribution in [2.75, 3.05) is 6.54 Å². The summed E-state index contributed by atoms with van der Waals surface area (Å²) in [5.41, 5.74) is -0.360. The number of benzene rings is 1. The average molecular weight is 243 g/mol. The molecule has 0 aliphatic rings. The molecule has 0 saturated carbocycles. The summed E-state index contributed by atoms with van der Waals surface area (Å²) in [6.07, 6.45) is -0.712. The van der Waals surface area contributed by atoms with Gasteiger partial charge in [-0.25, -0.2) is 8.78 Å². The monoisotopic (exact) mass is 243 g/mol. The van der Waals surface area contributed by atoms with E-state index in [1.165, 1.54) is 0 Å². The van der Waals surface area contributed by atoms with Crippen molar-refractivity contribution in [1.29, 1.82) is 0 Å². The number of aliphatic hydroxyl groups is 1. The summed E-state index contributed by atoms with van der Waals surface area (Å²) in [7, 11) is 0. The SMILES string of the molecule is CC(C)C(O)CNC(=O)c1cc(F)ccc1F. The molecule has 1 rings (SSSR count). The molecule has 1 aromatic carbocycles. The fraction of sp³-hybridized carbons (Fsp3) is 0.417. The molecule has 3 nitrogen and oxygen atoms in total. The van der Waals surface area contributed by atoms with Gasteiger partial charge in [0.05, 0.1) is 11.7 Å². The molecule has 5 heteroatoms. The molecular weight excluding hydrogens is 228 g/mol. The van der Waals surface area contributed by atoms with Crippen molar-refractivity contribution in [3.63, 3.8) is 0 Å². The van der Waals surface area contributed by atoms with Crippen LogP contribution < -0.4 is 5.32 Å². The number of hydrogen-bond donors (Lipinski definition) is 2. The molecule has 0 spiro atoms. The minimum atomic E-state index is -0.789. The van der Waals surface area contributed by atoms with E-state index in [4.69, 9.17) is 0 Å². The predicted octanol–water partition coefficient (Wildman–Crippen LogP) is 1.71. The summed E-state index contributed by atoms with van der Waals surface area (Å²) >= 11 is 0. The van der Waals surface area contributed by atoms with Crippen molar-refractivity contribution in [2.24, 2.45) is 5.92 Å². The number of rotatable bonds is 4. The first kappa shape index (κ1) is 13.6. The van der Waals surface area contributed by atoms with Gasteiger partial charge in [-0.05, 0) is 24.1 Å². The lowest BCUT2D eigenvalue weighted by Gasteiger charge is -2.15. The number of aliphatic hydroxyl groups excluding tert-OH is 1. The number of carbonyl (C=O) groups is 1. The van der Waals surface area contributed by atoms with Crippen molar-refractivity contribution in [2.45, 2.75) is 20.0 Å². The Hall–Kier alpha value is -1.49. The lowest BCUT2D eigenvalue weighted by atomic mass is 10.1. The third-order valence-corrected chi connectivity index (χ3v) is 2.41. The van der Waals surface area contributed by atoms with Gasteiger partial charge in [0, 0.05) is 6.54 Å². The molecule has 0 aliphatic heterocycles. The van der Waals surface area contributed by atoms with E-state index in [1.54, 1.807) is 13.8 Å². The molecule has 17 heavy (non-hydrogen) atoms. The first-order valence-corrected chi connectivity index (χ1v) is 5.33. The van der Waals surface area contributed by atoms with Gasteiger partial charge in [0.15, 0.2) is 0 Å². The molecule has 0 radical (unpaired) electrons. The Labute approximate surface area is 98.5 Å². The molecule has 94 valence electrons. The fourth-order valence-corrected chi connectivity index (χ4v) is 1.20. The van der Waals surface area contributed by atoms with E-state index in [0.29, 0.717) is 0 Å². The highest BCUT2D eigenvalue weighted by Crippen LogP contribution is 2.09. The number of nitrogens with one attached hydrogen (secondary N) is 1. The summed E-state index contributed by atoms with van der Waals surface area (Å²) in [5.74, 6) is -2.22. The zero-order valence-corrected chi connectivity index (χ0v) is 9.71. The molecule has 1 unspecified atom stereocenters. The van der Waals surface area contributed by atoms with E-state index in [-0.39, 0.29) is 18.0 Å². The second-order valence-corrected chi connectivity index (χ2v) is 4.15. The molecule has 2 N–H and O–H groups in total. The maximum absolute atomic E-state index is 13.2. The van der Waals surface area contributed by atoms with Gasteiger partial charge < -0.3 is 10.4 Å². The van der Waals surface area contributed by atoms with Crippen LogP contribution in [-0.4, -0.2) is 23.7 Å². The summed E-state index contributed by atoms with van der Waals surface area (Å²) in [4.78, 5) is 11.5. The van der Waals surface area contributed by atoms with Crippen molar-refractivity contribution < 1.29 is 18.7 Å². The van der Waals surface area contributed by atoms with E-state index in [2.05, 4.69) is 5.32 Å². The van der Waals surface area contributed by atoms with Gasteiger partial charge in [0.2, 0.25) is 0 Å². The van der Waals surface area contributed by atoms with E-state index >= 15 is 0 Å². The molecule has 0 bridgehead atoms. The number of amides is 1. The van der Waals surface area contributed by atoms with Crippen LogP contribution in [0.5, 0.6) is 0 Å². The average Bonchev–Trinajstić information content (AvgIpc) is 2.28. The Bertz CT molecular complexity index is 407. The maximum Gasteiger partial charge on any atom is 0.254 e. The standard InChI is InChI=1S/C12H15F2NO2/c1-7(2)11(16)6-15-12(17)9-5-8(13)3-4-10(9)14/h3-5,7,11,16H,6H2,1-2H3,(H,15,17). The minimum Gasteiger partial charge on any atom is -0.391 e. The highest BCUT2D eigenvalue weighted by Gasteiger charge is 2.15. The zero-order chi connectivity index (χ0) is 13.0. The molecule has 0 aliphatic carbocycles. The quantitative estimate of drug-likeness (QED) is 0.845. The van der Waals surface area contributed by atoms with E-state index < -0.39 is 23.6 Å². The predicted molar refractivity (Wildman–Crippen MR) is 59.5 cm³/mol. The first-order chi connectivity index (χ1) is 7.91. The topological polar surface area (TPSA) is 49.3 Å². The first-order valence-electron chi connectivity index (χ1n) is 5.33. The lowest BCUT2D eigenvalue weighted by Crippen LogP contribution is -2.35. The summed E-state index contributed by atoms with van der Waals surface area (Å²) < 4.78 is 26.1. The Morgan fingerprint density at radius 3 is 2.65 bits per heavy atom. The summed E-state index contributed by atoms with van der Waals surface area (Å²) in [6, 6.07) is 2.66. The number of halogens is 2. The Kier molecular flexibility index (Phi) is 4.57. The molecule has 0 saturated heterocycles. The molecule has 1 atom stereocenters. The smallest absolute Gasteiger partial charge is 0.254 e. The van der Waals surface area contributed by atoms with Gasteiger partial charge in [0.25, 0.3) is 5.91 Å². The molecule has 1 aromatic rings. The molecule has 1 amide bonds. The second-order valence-electron chi connectivity index (χ2n) is 4.15. The Morgan fingerprint density at radius 1 is 1.41 bits per heavy atom. The van der Waals surface area contributed by atoms with E-state index in [9.17, 15) is 18.7 Å². The zero-order valence-electron chi connectivity index (χ0n) is 9.71. The van der Waals surface area contributed by atoms with Gasteiger partial charge in [-0.15, -0.1) is 0 Å². The highest BCUT2D eigenvalue weighted by atomic mass is 19.1. The molecule has 0 fully saturated rings. The molecule has 0 heterocycles. The van der Waals surface area contributed by atoms with Crippen LogP contribution in [0.15, 0.2) is 18.2 Å². The van der Waals surface area contributed by atoms with Gasteiger partial charge >= 0.3 is 0 Å². The Morgan fingerprint density at radius 2 is 2.06 bits per heavy atom. The van der Waals surface area contributed by atoms with Crippen LogP contribution in [0.4, 0.5) is 8.78 Å². The van der Waals surface area contributed by atoms with Crippen LogP contribution in [0, 0.1) is 17.6 Å². The van der Waals surface area contributed by atoms with Gasteiger partial charge in [-0.2, -0.15) is 0 Å². The van der Waals surface area contributed by atoms with Crippen molar-refractivity contribution in [3.05, 3.63) is 35.4 Å². The lowest BCUT2D eigenvalue weighted by molar-refractivity contribution is 0.0867. The maximum atomic E-state index is 13.2. The molecular formula is C12H15F2NO2. The third kappa shape index (κ3) is 3.78. The number of carbonyl (C=O) groups excluding carboxylic acids is 1. The van der Waals surface area contributed by atoms with E-state index in [1.807, 2.05) is 0 Å². The van der Waals surface area contributed by atoms with Crippen LogP contribution in [0.2, 0.25) is 0 Å². The highest BCUT2D eigenvalue weighted by molar-refractivity contribution is 5.94. The van der Waals surface area contributed by atoms with Crippen molar-refractivity contribution in [1.82, 2.24) is 5.32 Å². The van der Waals surface area contributed by atoms with Crippen LogP contribution >= 0.6 is 0 Å². The van der Waals surface area contributed by atoms with Crippen molar-refractivity contribution in [3.8, 4) is 0 Å². The fourth-order valence-electron chi connectivity index (χ4n) is 1.20. The van der Waals surface area contributed by atoms with Gasteiger partial charge in [0.1, 0.15) is 11.6 Å². The van der Waals surface area contributed by atoms with Crippen LogP contribution in [0.1, 0.15) is 24.2 Å². The van der Waals surface area contributed by atoms with Gasteiger partial charge in [-0.1, -0.05) is 13.8 Å². The largest absolute Gasteiger partial charge is 0.391 e. The van der Waals surface area contributed by atoms with Gasteiger partial charge in [-0.3, -0.25) is 4.79 Å². The summed E-state index contributed by atoms with van der Waals surface area (Å²) in [5, 5.41) is 11.8. The van der Waals surface area contributed by atoms with Crippen molar-refractivity contribution >= 4 is 5.91 Å². The second kappa shape index (κ2) is 5.72. The Balaban J connectivity index is 2.67. The molecule has 0 aromatic heterocycles. The third-order valence-electron chi connectivity index (χ3n) is 2.41. The summed E-state index contributed by atoms with van der Waals surface area (Å²) in [6.45, 7) is 3.59. The normalized spacial score (nSPS) is 12.6. The minimum absolute atomic E-state index is 0.00640. The van der Waals surface area contributed by atoms with E-state index in [0.717, 1.165) is 18.2 Å². The van der Waals surface area contributed by atoms with Crippen LogP contribution in [-0.2, 0) is 0 Å². The van der Waals surface area contributed by atoms with Crippen LogP contribution in [0.3, 0.4) is 0 Å². The van der Waals surface area contributed by atoms with Crippen LogP contribution in [0.25, 0.3) is 0 Å².